The molecule has 0 aromatic heterocycles. The lowest BCUT2D eigenvalue weighted by atomic mass is 9.93. The van der Waals surface area contributed by atoms with Crippen molar-refractivity contribution >= 4 is 0 Å². The summed E-state index contributed by atoms with van der Waals surface area (Å²) in [6, 6.07) is 6.84. The van der Waals surface area contributed by atoms with Gasteiger partial charge in [0.25, 0.3) is 0 Å². The first-order valence-corrected chi connectivity index (χ1v) is 6.11. The van der Waals surface area contributed by atoms with Crippen LogP contribution in [0.15, 0.2) is 18.2 Å². The average Bonchev–Trinajstić information content (AvgIpc) is 3.00. The number of nitrogens with one attached hydrogen (secondary N) is 1. The van der Waals surface area contributed by atoms with Gasteiger partial charge in [-0.15, -0.1) is 0 Å². The van der Waals surface area contributed by atoms with E-state index in [4.69, 9.17) is 0 Å². The van der Waals surface area contributed by atoms with Crippen LogP contribution in [0.4, 0.5) is 0 Å². The highest BCUT2D eigenvalue weighted by Crippen LogP contribution is 2.41. The Labute approximate surface area is 92.9 Å². The molecule has 3 rings (SSSR count). The first-order valence-electron chi connectivity index (χ1n) is 6.11. The van der Waals surface area contributed by atoms with E-state index in [9.17, 15) is 0 Å². The molecule has 15 heavy (non-hydrogen) atoms. The first-order chi connectivity index (χ1) is 7.27. The normalized spacial score (nSPS) is 20.2. The molecule has 1 fully saturated rings. The third-order valence-electron chi connectivity index (χ3n) is 3.40. The Morgan fingerprint density at radius 3 is 2.53 bits per heavy atom. The minimum absolute atomic E-state index is 0.515. The van der Waals surface area contributed by atoms with Crippen LogP contribution in [-0.2, 0) is 13.0 Å². The molecule has 1 heterocycles. The Bertz CT molecular complexity index is 350. The quantitative estimate of drug-likeness (QED) is 0.683. The van der Waals surface area contributed by atoms with Crippen molar-refractivity contribution in [2.75, 3.05) is 0 Å². The van der Waals surface area contributed by atoms with Gasteiger partial charge in [0.2, 0.25) is 0 Å². The van der Waals surface area contributed by atoms with E-state index < -0.39 is 0 Å². The van der Waals surface area contributed by atoms with Crippen molar-refractivity contribution in [3.63, 3.8) is 0 Å². The zero-order valence-corrected chi connectivity index (χ0v) is 10.1. The molecule has 2 aliphatic rings. The van der Waals surface area contributed by atoms with Gasteiger partial charge in [-0.05, 0) is 37.3 Å². The van der Waals surface area contributed by atoms with Crippen molar-refractivity contribution in [3.05, 3.63) is 34.9 Å². The lowest BCUT2D eigenvalue weighted by molar-refractivity contribution is 0.464. The van der Waals surface area contributed by atoms with Crippen LogP contribution in [0.3, 0.4) is 0 Å². The Balaban J connectivity index is 0.000000404. The molecule has 1 aliphatic carbocycles. The lowest BCUT2D eigenvalue weighted by Crippen LogP contribution is -2.37. The van der Waals surface area contributed by atoms with Crippen molar-refractivity contribution in [2.45, 2.75) is 52.1 Å². The van der Waals surface area contributed by atoms with E-state index in [1.807, 2.05) is 13.8 Å². The molecule has 1 saturated carbocycles. The van der Waals surface area contributed by atoms with E-state index in [1.54, 1.807) is 5.56 Å². The monoisotopic (exact) mass is 203 g/mol. The SMILES string of the molecule is CC.Cc1ccc2c(c1)CC1(CC1)NC2. The second-order valence-electron chi connectivity index (χ2n) is 4.58. The second-order valence-corrected chi connectivity index (χ2v) is 4.58. The fourth-order valence-corrected chi connectivity index (χ4v) is 2.31. The Morgan fingerprint density at radius 1 is 1.13 bits per heavy atom. The van der Waals surface area contributed by atoms with Crippen LogP contribution >= 0.6 is 0 Å². The van der Waals surface area contributed by atoms with Crippen LogP contribution in [-0.4, -0.2) is 5.54 Å². The maximum absolute atomic E-state index is 3.65. The number of rotatable bonds is 0. The summed E-state index contributed by atoms with van der Waals surface area (Å²) in [5.41, 5.74) is 5.00. The minimum Gasteiger partial charge on any atom is -0.307 e. The van der Waals surface area contributed by atoms with Crippen LogP contribution in [0.2, 0.25) is 0 Å². The third-order valence-corrected chi connectivity index (χ3v) is 3.40. The zero-order valence-electron chi connectivity index (χ0n) is 10.1. The van der Waals surface area contributed by atoms with Gasteiger partial charge < -0.3 is 5.32 Å². The van der Waals surface area contributed by atoms with Gasteiger partial charge in [0, 0.05) is 12.1 Å². The molecule has 0 radical (unpaired) electrons. The molecule has 1 aromatic carbocycles. The summed E-state index contributed by atoms with van der Waals surface area (Å²) in [5.74, 6) is 0. The Kier molecular flexibility index (Phi) is 2.83. The van der Waals surface area contributed by atoms with Crippen molar-refractivity contribution in [1.82, 2.24) is 5.32 Å². The summed E-state index contributed by atoms with van der Waals surface area (Å²) >= 11 is 0. The fourth-order valence-electron chi connectivity index (χ4n) is 2.31. The van der Waals surface area contributed by atoms with Gasteiger partial charge in [-0.1, -0.05) is 37.6 Å². The van der Waals surface area contributed by atoms with Gasteiger partial charge >= 0.3 is 0 Å². The van der Waals surface area contributed by atoms with Crippen molar-refractivity contribution in [1.29, 1.82) is 0 Å². The number of fused-ring (bicyclic) bond motifs is 1. The minimum atomic E-state index is 0.515. The number of hydrogen-bond acceptors (Lipinski definition) is 1. The van der Waals surface area contributed by atoms with Gasteiger partial charge in [0.1, 0.15) is 0 Å². The van der Waals surface area contributed by atoms with E-state index in [0.29, 0.717) is 5.54 Å². The van der Waals surface area contributed by atoms with Gasteiger partial charge in [-0.2, -0.15) is 0 Å². The van der Waals surface area contributed by atoms with Crippen LogP contribution in [0.1, 0.15) is 43.4 Å². The highest BCUT2D eigenvalue weighted by molar-refractivity contribution is 5.36. The van der Waals surface area contributed by atoms with Gasteiger partial charge in [-0.3, -0.25) is 0 Å². The number of aryl methyl sites for hydroxylation is 1. The topological polar surface area (TPSA) is 12.0 Å². The predicted molar refractivity (Wildman–Crippen MR) is 65.0 cm³/mol. The van der Waals surface area contributed by atoms with Crippen molar-refractivity contribution in [2.24, 2.45) is 0 Å². The van der Waals surface area contributed by atoms with E-state index in [2.05, 4.69) is 30.4 Å². The summed E-state index contributed by atoms with van der Waals surface area (Å²) in [6.45, 7) is 7.26. The van der Waals surface area contributed by atoms with Gasteiger partial charge in [0.15, 0.2) is 0 Å². The maximum atomic E-state index is 3.65. The Hall–Kier alpha value is -0.820. The van der Waals surface area contributed by atoms with E-state index >= 15 is 0 Å². The van der Waals surface area contributed by atoms with E-state index in [1.165, 1.54) is 30.4 Å². The molecule has 0 bridgehead atoms. The molecule has 1 aromatic rings. The zero-order chi connectivity index (χ0) is 10.9. The fraction of sp³-hybridized carbons (Fsp3) is 0.571. The summed E-state index contributed by atoms with van der Waals surface area (Å²) in [6.07, 6.45) is 4.00. The highest BCUT2D eigenvalue weighted by Gasteiger charge is 2.44. The molecule has 1 nitrogen and oxygen atoms in total. The van der Waals surface area contributed by atoms with Crippen LogP contribution in [0, 0.1) is 6.92 Å². The number of hydrogen-bond donors (Lipinski definition) is 1. The van der Waals surface area contributed by atoms with Crippen molar-refractivity contribution in [3.8, 4) is 0 Å². The summed E-state index contributed by atoms with van der Waals surface area (Å²) < 4.78 is 0. The molecule has 82 valence electrons. The third kappa shape index (κ3) is 2.07. The van der Waals surface area contributed by atoms with Crippen molar-refractivity contribution < 1.29 is 0 Å². The van der Waals surface area contributed by atoms with Crippen LogP contribution in [0.5, 0.6) is 0 Å². The smallest absolute Gasteiger partial charge is 0.0226 e. The molecule has 1 aliphatic heterocycles. The predicted octanol–water partition coefficient (Wildman–Crippen LogP) is 3.20. The largest absolute Gasteiger partial charge is 0.307 e. The van der Waals surface area contributed by atoms with Gasteiger partial charge in [-0.25, -0.2) is 0 Å². The average molecular weight is 203 g/mol. The molecule has 1 spiro atoms. The molecule has 0 saturated heterocycles. The Morgan fingerprint density at radius 2 is 1.87 bits per heavy atom. The maximum Gasteiger partial charge on any atom is 0.0226 e. The number of benzene rings is 1. The second kappa shape index (κ2) is 3.97. The highest BCUT2D eigenvalue weighted by atomic mass is 15.0. The first kappa shape index (κ1) is 10.7. The molecule has 0 atom stereocenters. The standard InChI is InChI=1S/C12H15N.C2H6/c1-9-2-3-10-8-13-12(4-5-12)7-11(10)6-9;1-2/h2-3,6,13H,4-5,7-8H2,1H3;1-2H3. The molecular weight excluding hydrogens is 182 g/mol. The summed E-state index contributed by atoms with van der Waals surface area (Å²) in [4.78, 5) is 0. The molecule has 0 unspecified atom stereocenters. The van der Waals surface area contributed by atoms with Gasteiger partial charge in [0.05, 0.1) is 0 Å². The molecule has 1 heteroatoms. The lowest BCUT2D eigenvalue weighted by Gasteiger charge is -2.26. The summed E-state index contributed by atoms with van der Waals surface area (Å²) in [5, 5.41) is 3.65. The van der Waals surface area contributed by atoms with Crippen LogP contribution < -0.4 is 5.32 Å². The van der Waals surface area contributed by atoms with Crippen LogP contribution in [0.25, 0.3) is 0 Å². The molecule has 1 N–H and O–H groups in total. The molecule has 0 amide bonds. The molecular formula is C14H21N. The summed E-state index contributed by atoms with van der Waals surface area (Å²) in [7, 11) is 0. The van der Waals surface area contributed by atoms with E-state index in [0.717, 1.165) is 6.54 Å². The van der Waals surface area contributed by atoms with E-state index in [-0.39, 0.29) is 0 Å².